The fraction of sp³-hybridized carbons (Fsp3) is 0. The number of nitro benzene ring substituents is 1. The Hall–Kier alpha value is -2.67. The number of aromatic hydroxyl groups is 1. The van der Waals surface area contributed by atoms with Crippen LogP contribution >= 0.6 is 15.9 Å². The van der Waals surface area contributed by atoms with E-state index in [0.29, 0.717) is 10.0 Å². The highest BCUT2D eigenvalue weighted by Crippen LogP contribution is 2.28. The maximum absolute atomic E-state index is 11.2. The highest BCUT2D eigenvalue weighted by Gasteiger charge is 2.19. The zero-order chi connectivity index (χ0) is 16.3. The van der Waals surface area contributed by atoms with Gasteiger partial charge in [-0.3, -0.25) is 10.1 Å². The Morgan fingerprint density at radius 2 is 1.95 bits per heavy atom. The van der Waals surface area contributed by atoms with Gasteiger partial charge in [-0.1, -0.05) is 28.1 Å². The lowest BCUT2D eigenvalue weighted by Crippen LogP contribution is -2.02. The van der Waals surface area contributed by atoms with Crippen molar-refractivity contribution in [3.8, 4) is 5.75 Å². The van der Waals surface area contributed by atoms with Crippen molar-refractivity contribution in [1.82, 2.24) is 0 Å². The van der Waals surface area contributed by atoms with Gasteiger partial charge in [0.15, 0.2) is 0 Å². The third-order valence-corrected chi connectivity index (χ3v) is 3.42. The second-order valence-electron chi connectivity index (χ2n) is 4.34. The van der Waals surface area contributed by atoms with Crippen LogP contribution in [0.3, 0.4) is 0 Å². The molecule has 0 heterocycles. The van der Waals surface area contributed by atoms with E-state index in [2.05, 4.69) is 15.9 Å². The van der Waals surface area contributed by atoms with Crippen molar-refractivity contribution >= 4 is 39.7 Å². The summed E-state index contributed by atoms with van der Waals surface area (Å²) >= 11 is 3.25. The summed E-state index contributed by atoms with van der Waals surface area (Å²) in [4.78, 5) is 21.6. The van der Waals surface area contributed by atoms with Crippen LogP contribution in [0.15, 0.2) is 40.9 Å². The van der Waals surface area contributed by atoms with Gasteiger partial charge in [0.2, 0.25) is 0 Å². The number of nitro groups is 1. The van der Waals surface area contributed by atoms with Gasteiger partial charge in [-0.25, -0.2) is 4.79 Å². The molecule has 0 aliphatic carbocycles. The van der Waals surface area contributed by atoms with Gasteiger partial charge < -0.3 is 10.2 Å². The first kappa shape index (κ1) is 15.7. The molecule has 0 aliphatic heterocycles. The summed E-state index contributed by atoms with van der Waals surface area (Å²) in [6.45, 7) is 0. The Balaban J connectivity index is 2.56. The van der Waals surface area contributed by atoms with E-state index < -0.39 is 10.9 Å². The van der Waals surface area contributed by atoms with Gasteiger partial charge in [-0.15, -0.1) is 0 Å². The van der Waals surface area contributed by atoms with Crippen LogP contribution in [0.25, 0.3) is 12.2 Å². The molecule has 112 valence electrons. The smallest absolute Gasteiger partial charge is 0.336 e. The van der Waals surface area contributed by atoms with Gasteiger partial charge in [0.25, 0.3) is 5.69 Å². The minimum absolute atomic E-state index is 0.0186. The molecule has 7 heteroatoms. The number of rotatable bonds is 4. The molecular weight excluding hydrogens is 354 g/mol. The van der Waals surface area contributed by atoms with Gasteiger partial charge in [0.1, 0.15) is 5.75 Å². The van der Waals surface area contributed by atoms with Crippen molar-refractivity contribution in [3.05, 3.63) is 67.7 Å². The van der Waals surface area contributed by atoms with E-state index in [-0.39, 0.29) is 22.6 Å². The van der Waals surface area contributed by atoms with Crippen molar-refractivity contribution < 1.29 is 19.9 Å². The van der Waals surface area contributed by atoms with E-state index in [4.69, 9.17) is 5.11 Å². The van der Waals surface area contributed by atoms with E-state index in [0.717, 1.165) is 0 Å². The van der Waals surface area contributed by atoms with Gasteiger partial charge in [-0.2, -0.15) is 0 Å². The molecular formula is C15H10BrNO5. The minimum Gasteiger partial charge on any atom is -0.507 e. The molecule has 0 aromatic heterocycles. The van der Waals surface area contributed by atoms with Crippen LogP contribution in [0.1, 0.15) is 21.5 Å². The molecule has 0 fully saturated rings. The van der Waals surface area contributed by atoms with Crippen molar-refractivity contribution in [1.29, 1.82) is 0 Å². The van der Waals surface area contributed by atoms with Crippen molar-refractivity contribution in [3.63, 3.8) is 0 Å². The Bertz CT molecular complexity index is 753. The second-order valence-corrected chi connectivity index (χ2v) is 5.25. The lowest BCUT2D eigenvalue weighted by molar-refractivity contribution is -0.385. The molecule has 0 saturated heterocycles. The number of benzene rings is 2. The quantitative estimate of drug-likeness (QED) is 0.486. The molecule has 2 aromatic carbocycles. The third-order valence-electron chi connectivity index (χ3n) is 2.93. The van der Waals surface area contributed by atoms with Gasteiger partial charge in [0, 0.05) is 16.1 Å². The fourth-order valence-corrected chi connectivity index (χ4v) is 2.28. The van der Waals surface area contributed by atoms with Crippen LogP contribution in [-0.2, 0) is 0 Å². The molecule has 0 spiro atoms. The fourth-order valence-electron chi connectivity index (χ4n) is 1.91. The molecule has 0 aliphatic rings. The molecule has 0 atom stereocenters. The second kappa shape index (κ2) is 6.40. The topological polar surface area (TPSA) is 101 Å². The van der Waals surface area contributed by atoms with E-state index in [1.54, 1.807) is 12.1 Å². The molecule has 0 bridgehead atoms. The Morgan fingerprint density at radius 3 is 2.59 bits per heavy atom. The van der Waals surface area contributed by atoms with E-state index in [9.17, 15) is 20.0 Å². The first-order chi connectivity index (χ1) is 10.4. The lowest BCUT2D eigenvalue weighted by atomic mass is 10.0. The lowest BCUT2D eigenvalue weighted by Gasteiger charge is -2.03. The monoisotopic (exact) mass is 363 g/mol. The predicted molar refractivity (Wildman–Crippen MR) is 84.8 cm³/mol. The SMILES string of the molecule is O=C(O)c1cccc([N+](=O)[O-])c1C=Cc1cc(Br)ccc1O. The first-order valence-electron chi connectivity index (χ1n) is 6.07. The third kappa shape index (κ3) is 3.32. The number of nitrogens with zero attached hydrogens (tertiary/aromatic N) is 1. The van der Waals surface area contributed by atoms with E-state index in [1.807, 2.05) is 0 Å². The maximum atomic E-state index is 11.2. The minimum atomic E-state index is -1.26. The standard InChI is InChI=1S/C15H10BrNO5/c16-10-5-7-14(18)9(8-10)4-6-11-12(15(19)20)2-1-3-13(11)17(21)22/h1-8,18H,(H,19,20). The molecule has 0 saturated carbocycles. The predicted octanol–water partition coefficient (Wildman–Crippen LogP) is 3.93. The molecule has 2 aromatic rings. The number of hydrogen-bond donors (Lipinski definition) is 2. The zero-order valence-corrected chi connectivity index (χ0v) is 12.6. The van der Waals surface area contributed by atoms with Crippen LogP contribution in [-0.4, -0.2) is 21.1 Å². The Morgan fingerprint density at radius 1 is 1.23 bits per heavy atom. The highest BCUT2D eigenvalue weighted by molar-refractivity contribution is 9.10. The number of phenols is 1. The van der Waals surface area contributed by atoms with Crippen molar-refractivity contribution in [2.75, 3.05) is 0 Å². The summed E-state index contributed by atoms with van der Waals surface area (Å²) in [6.07, 6.45) is 2.73. The number of carbonyl (C=O) groups is 1. The van der Waals surface area contributed by atoms with Crippen LogP contribution in [0.5, 0.6) is 5.75 Å². The molecule has 6 nitrogen and oxygen atoms in total. The summed E-state index contributed by atoms with van der Waals surface area (Å²) in [5, 5.41) is 30.0. The molecule has 2 rings (SSSR count). The largest absolute Gasteiger partial charge is 0.507 e. The normalized spacial score (nSPS) is 10.8. The molecule has 22 heavy (non-hydrogen) atoms. The zero-order valence-electron chi connectivity index (χ0n) is 11.1. The number of carboxylic acids is 1. The summed E-state index contributed by atoms with van der Waals surface area (Å²) in [5.41, 5.74) is -0.117. The first-order valence-corrected chi connectivity index (χ1v) is 6.86. The Labute approximate surface area is 133 Å². The molecule has 0 amide bonds. The number of hydrogen-bond acceptors (Lipinski definition) is 4. The van der Waals surface area contributed by atoms with Crippen LogP contribution in [0.2, 0.25) is 0 Å². The van der Waals surface area contributed by atoms with Crippen molar-refractivity contribution in [2.45, 2.75) is 0 Å². The number of aromatic carboxylic acids is 1. The highest BCUT2D eigenvalue weighted by atomic mass is 79.9. The van der Waals surface area contributed by atoms with Gasteiger partial charge in [-0.05, 0) is 30.3 Å². The molecule has 0 radical (unpaired) electrons. The number of phenolic OH excluding ortho intramolecular Hbond substituents is 1. The van der Waals surface area contributed by atoms with Crippen LogP contribution < -0.4 is 0 Å². The average Bonchev–Trinajstić information content (AvgIpc) is 2.47. The number of halogens is 1. The molecule has 2 N–H and O–H groups in total. The summed E-state index contributed by atoms with van der Waals surface area (Å²) in [7, 11) is 0. The van der Waals surface area contributed by atoms with E-state index >= 15 is 0 Å². The summed E-state index contributed by atoms with van der Waals surface area (Å²) in [5.74, 6) is -1.28. The van der Waals surface area contributed by atoms with E-state index in [1.165, 1.54) is 36.4 Å². The summed E-state index contributed by atoms with van der Waals surface area (Å²) < 4.78 is 0.714. The van der Waals surface area contributed by atoms with Gasteiger partial charge in [0.05, 0.1) is 16.1 Å². The number of carboxylic acid groups (broad SMARTS) is 1. The van der Waals surface area contributed by atoms with Crippen molar-refractivity contribution in [2.24, 2.45) is 0 Å². The summed E-state index contributed by atoms with van der Waals surface area (Å²) in [6, 6.07) is 8.54. The molecule has 0 unspecified atom stereocenters. The Kier molecular flexibility index (Phi) is 4.57. The van der Waals surface area contributed by atoms with Crippen LogP contribution in [0.4, 0.5) is 5.69 Å². The average molecular weight is 364 g/mol. The van der Waals surface area contributed by atoms with Crippen LogP contribution in [0, 0.1) is 10.1 Å². The maximum Gasteiger partial charge on any atom is 0.336 e. The van der Waals surface area contributed by atoms with Gasteiger partial charge >= 0.3 is 5.97 Å².